The molecule has 1 aromatic heterocycles. The molecule has 1 heterocycles. The number of aromatic nitrogens is 3. The molecular formula is C17H21FN4O2S. The molecule has 0 unspecified atom stereocenters. The molecule has 0 spiro atoms. The Bertz CT molecular complexity index is 731. The van der Waals surface area contributed by atoms with Gasteiger partial charge in [0.05, 0.1) is 12.6 Å². The minimum Gasteiger partial charge on any atom is -0.493 e. The van der Waals surface area contributed by atoms with E-state index in [1.165, 1.54) is 23.9 Å². The smallest absolute Gasteiger partial charge is 0.223 e. The number of nitrogens with one attached hydrogen (secondary N) is 1. The maximum atomic E-state index is 12.8. The van der Waals surface area contributed by atoms with E-state index in [9.17, 15) is 9.18 Å². The molecule has 1 saturated carbocycles. The van der Waals surface area contributed by atoms with Gasteiger partial charge in [0.2, 0.25) is 5.91 Å². The molecule has 25 heavy (non-hydrogen) atoms. The Morgan fingerprint density at radius 1 is 1.40 bits per heavy atom. The van der Waals surface area contributed by atoms with Gasteiger partial charge in [-0.2, -0.15) is 0 Å². The van der Waals surface area contributed by atoms with Crippen molar-refractivity contribution in [3.8, 4) is 5.75 Å². The zero-order valence-electron chi connectivity index (χ0n) is 14.2. The molecule has 1 aromatic carbocycles. The fraction of sp³-hybridized carbons (Fsp3) is 0.471. The van der Waals surface area contributed by atoms with Crippen LogP contribution in [0, 0.1) is 11.7 Å². The van der Waals surface area contributed by atoms with Crippen LogP contribution in [0.1, 0.15) is 31.6 Å². The van der Waals surface area contributed by atoms with E-state index in [4.69, 9.17) is 4.74 Å². The number of amides is 1. The van der Waals surface area contributed by atoms with Gasteiger partial charge in [-0.25, -0.2) is 4.39 Å². The Morgan fingerprint density at radius 2 is 2.12 bits per heavy atom. The van der Waals surface area contributed by atoms with Crippen molar-refractivity contribution in [3.63, 3.8) is 0 Å². The van der Waals surface area contributed by atoms with E-state index in [1.807, 2.05) is 18.5 Å². The summed E-state index contributed by atoms with van der Waals surface area (Å²) < 4.78 is 20.3. The van der Waals surface area contributed by atoms with Crippen LogP contribution in [0.2, 0.25) is 0 Å². The molecule has 6 nitrogen and oxygen atoms in total. The number of benzene rings is 1. The van der Waals surface area contributed by atoms with Gasteiger partial charge < -0.3 is 14.6 Å². The van der Waals surface area contributed by atoms with Crippen molar-refractivity contribution in [2.75, 3.05) is 12.4 Å². The van der Waals surface area contributed by atoms with Crippen molar-refractivity contribution in [1.82, 2.24) is 20.1 Å². The number of carbonyl (C=O) groups excluding carboxylic acids is 1. The molecule has 1 atom stereocenters. The summed E-state index contributed by atoms with van der Waals surface area (Å²) in [6.07, 6.45) is 1.96. The Hall–Kier alpha value is -2.09. The van der Waals surface area contributed by atoms with E-state index in [-0.39, 0.29) is 23.7 Å². The lowest BCUT2D eigenvalue weighted by Crippen LogP contribution is -2.29. The highest BCUT2D eigenvalue weighted by molar-refractivity contribution is 7.99. The number of ether oxygens (including phenoxy) is 1. The second-order valence-electron chi connectivity index (χ2n) is 6.06. The molecule has 3 rings (SSSR count). The fourth-order valence-electron chi connectivity index (χ4n) is 2.39. The summed E-state index contributed by atoms with van der Waals surface area (Å²) >= 11 is 1.52. The van der Waals surface area contributed by atoms with Crippen LogP contribution >= 0.6 is 11.8 Å². The van der Waals surface area contributed by atoms with Gasteiger partial charge in [0.25, 0.3) is 0 Å². The Morgan fingerprint density at radius 3 is 2.80 bits per heavy atom. The number of nitrogens with zero attached hydrogens (tertiary/aromatic N) is 3. The highest BCUT2D eigenvalue weighted by Gasteiger charge is 2.31. The number of carbonyl (C=O) groups is 1. The monoisotopic (exact) mass is 364 g/mol. The molecule has 0 aliphatic heterocycles. The van der Waals surface area contributed by atoms with E-state index in [0.29, 0.717) is 18.1 Å². The van der Waals surface area contributed by atoms with Crippen molar-refractivity contribution in [2.45, 2.75) is 31.0 Å². The normalized spacial score (nSPS) is 15.0. The second-order valence-corrected chi connectivity index (χ2v) is 7.12. The Balaban J connectivity index is 1.47. The maximum Gasteiger partial charge on any atom is 0.223 e. The molecule has 1 fully saturated rings. The van der Waals surface area contributed by atoms with E-state index in [2.05, 4.69) is 15.5 Å². The average Bonchev–Trinajstić information content (AvgIpc) is 3.38. The summed E-state index contributed by atoms with van der Waals surface area (Å²) in [7, 11) is 1.89. The molecule has 2 aromatic rings. The Kier molecular flexibility index (Phi) is 5.57. The van der Waals surface area contributed by atoms with Crippen LogP contribution < -0.4 is 10.1 Å². The van der Waals surface area contributed by atoms with Crippen LogP contribution in [0.3, 0.4) is 0 Å². The second kappa shape index (κ2) is 7.86. The summed E-state index contributed by atoms with van der Waals surface area (Å²) in [6.45, 7) is 2.39. The lowest BCUT2D eigenvalue weighted by atomic mass is 10.3. The third kappa shape index (κ3) is 4.72. The van der Waals surface area contributed by atoms with Crippen LogP contribution in [0.25, 0.3) is 0 Å². The van der Waals surface area contributed by atoms with E-state index >= 15 is 0 Å². The number of hydrogen-bond donors (Lipinski definition) is 1. The first kappa shape index (κ1) is 17.7. The number of hydrogen-bond acceptors (Lipinski definition) is 5. The molecule has 134 valence electrons. The van der Waals surface area contributed by atoms with E-state index < -0.39 is 0 Å². The van der Waals surface area contributed by atoms with Gasteiger partial charge in [-0.3, -0.25) is 4.79 Å². The van der Waals surface area contributed by atoms with Gasteiger partial charge in [0, 0.05) is 18.7 Å². The highest BCUT2D eigenvalue weighted by Crippen LogP contribution is 2.29. The standard InChI is InChI=1S/C17H21FN4O2S/c1-11(19-16(23)12-3-4-12)15-20-21-17(22(15)2)25-10-9-24-14-7-5-13(18)6-8-14/h5-8,11-12H,3-4,9-10H2,1-2H3,(H,19,23)/t11-/m0/s1. The van der Waals surface area contributed by atoms with Crippen molar-refractivity contribution in [3.05, 3.63) is 35.9 Å². The zero-order chi connectivity index (χ0) is 17.8. The number of thioether (sulfide) groups is 1. The largest absolute Gasteiger partial charge is 0.493 e. The average molecular weight is 364 g/mol. The van der Waals surface area contributed by atoms with Crippen molar-refractivity contribution < 1.29 is 13.9 Å². The minimum absolute atomic E-state index is 0.0948. The molecule has 1 N–H and O–H groups in total. The predicted octanol–water partition coefficient (Wildman–Crippen LogP) is 2.71. The molecule has 0 bridgehead atoms. The highest BCUT2D eigenvalue weighted by atomic mass is 32.2. The lowest BCUT2D eigenvalue weighted by Gasteiger charge is -2.13. The number of rotatable bonds is 8. The van der Waals surface area contributed by atoms with Gasteiger partial charge in [0.1, 0.15) is 11.6 Å². The summed E-state index contributed by atoms with van der Waals surface area (Å²) in [5.74, 6) is 2.04. The third-order valence-corrected chi connectivity index (χ3v) is 4.94. The molecule has 1 amide bonds. The summed E-state index contributed by atoms with van der Waals surface area (Å²) in [5, 5.41) is 12.1. The first-order valence-electron chi connectivity index (χ1n) is 8.25. The topological polar surface area (TPSA) is 69.0 Å². The molecule has 0 saturated heterocycles. The minimum atomic E-state index is -0.281. The van der Waals surface area contributed by atoms with Gasteiger partial charge in [-0.05, 0) is 44.0 Å². The fourth-order valence-corrected chi connectivity index (χ4v) is 3.13. The van der Waals surface area contributed by atoms with E-state index in [0.717, 1.165) is 23.8 Å². The summed E-state index contributed by atoms with van der Waals surface area (Å²) in [4.78, 5) is 11.9. The molecule has 1 aliphatic carbocycles. The molecule has 0 radical (unpaired) electrons. The summed E-state index contributed by atoms with van der Waals surface area (Å²) in [6, 6.07) is 5.77. The first-order chi connectivity index (χ1) is 12.0. The van der Waals surface area contributed by atoms with Crippen molar-refractivity contribution in [2.24, 2.45) is 13.0 Å². The van der Waals surface area contributed by atoms with Crippen LogP contribution in [0.4, 0.5) is 4.39 Å². The van der Waals surface area contributed by atoms with Crippen LogP contribution in [0.5, 0.6) is 5.75 Å². The van der Waals surface area contributed by atoms with Crippen LogP contribution in [0.15, 0.2) is 29.4 Å². The third-order valence-electron chi connectivity index (χ3n) is 3.96. The maximum absolute atomic E-state index is 12.8. The zero-order valence-corrected chi connectivity index (χ0v) is 15.1. The molecular weight excluding hydrogens is 343 g/mol. The van der Waals surface area contributed by atoms with E-state index in [1.54, 1.807) is 12.1 Å². The van der Waals surface area contributed by atoms with Gasteiger partial charge in [-0.15, -0.1) is 10.2 Å². The van der Waals surface area contributed by atoms with Crippen molar-refractivity contribution in [1.29, 1.82) is 0 Å². The Labute approximate surface area is 150 Å². The number of halogens is 1. The van der Waals surface area contributed by atoms with Crippen LogP contribution in [-0.2, 0) is 11.8 Å². The van der Waals surface area contributed by atoms with Gasteiger partial charge >= 0.3 is 0 Å². The molecule has 8 heteroatoms. The van der Waals surface area contributed by atoms with Crippen LogP contribution in [-0.4, -0.2) is 33.0 Å². The lowest BCUT2D eigenvalue weighted by molar-refractivity contribution is -0.123. The quantitative estimate of drug-likeness (QED) is 0.576. The van der Waals surface area contributed by atoms with Gasteiger partial charge in [-0.1, -0.05) is 11.8 Å². The predicted molar refractivity (Wildman–Crippen MR) is 92.9 cm³/mol. The van der Waals surface area contributed by atoms with Crippen molar-refractivity contribution >= 4 is 17.7 Å². The first-order valence-corrected chi connectivity index (χ1v) is 9.24. The SMILES string of the molecule is C[C@H](NC(=O)C1CC1)c1nnc(SCCOc2ccc(F)cc2)n1C. The molecule has 1 aliphatic rings. The summed E-state index contributed by atoms with van der Waals surface area (Å²) in [5.41, 5.74) is 0. The van der Waals surface area contributed by atoms with Gasteiger partial charge in [0.15, 0.2) is 11.0 Å².